The SMILES string of the molecule is Cc1ccc(C)c(C(O)=C2C(=O)C(=O)N(CCc3ccccc3)C2c2ccc(Br)cc2)c1. The third-order valence-corrected chi connectivity index (χ3v) is 6.39. The fraction of sp³-hybridized carbons (Fsp3) is 0.185. The first-order valence-electron chi connectivity index (χ1n) is 10.5. The van der Waals surface area contributed by atoms with Crippen LogP contribution in [0.4, 0.5) is 0 Å². The number of ketones is 1. The van der Waals surface area contributed by atoms with E-state index in [4.69, 9.17) is 0 Å². The molecule has 4 nitrogen and oxygen atoms in total. The second kappa shape index (κ2) is 9.13. The number of hydrogen-bond donors (Lipinski definition) is 1. The van der Waals surface area contributed by atoms with Crippen molar-refractivity contribution in [3.05, 3.63) is 111 Å². The molecule has 1 unspecified atom stereocenters. The van der Waals surface area contributed by atoms with Crippen molar-refractivity contribution in [1.82, 2.24) is 4.90 Å². The Hall–Kier alpha value is -3.18. The van der Waals surface area contributed by atoms with E-state index in [0.29, 0.717) is 18.5 Å². The van der Waals surface area contributed by atoms with Crippen molar-refractivity contribution in [2.45, 2.75) is 26.3 Å². The molecule has 0 spiro atoms. The highest BCUT2D eigenvalue weighted by Gasteiger charge is 2.45. The zero-order chi connectivity index (χ0) is 22.8. The van der Waals surface area contributed by atoms with Gasteiger partial charge < -0.3 is 10.0 Å². The van der Waals surface area contributed by atoms with Gasteiger partial charge >= 0.3 is 0 Å². The normalized spacial score (nSPS) is 17.7. The molecule has 4 rings (SSSR count). The third kappa shape index (κ3) is 4.26. The number of carbonyl (C=O) groups is 2. The zero-order valence-corrected chi connectivity index (χ0v) is 19.6. The van der Waals surface area contributed by atoms with Crippen LogP contribution in [0.1, 0.15) is 33.9 Å². The maximum Gasteiger partial charge on any atom is 0.295 e. The van der Waals surface area contributed by atoms with Crippen LogP contribution in [0, 0.1) is 13.8 Å². The molecular formula is C27H24BrNO3. The number of likely N-dealkylation sites (tertiary alicyclic amines) is 1. The number of aliphatic hydroxyl groups is 1. The molecule has 0 aliphatic carbocycles. The van der Waals surface area contributed by atoms with Crippen molar-refractivity contribution in [2.75, 3.05) is 6.54 Å². The van der Waals surface area contributed by atoms with E-state index in [1.54, 1.807) is 4.90 Å². The fourth-order valence-electron chi connectivity index (χ4n) is 4.13. The van der Waals surface area contributed by atoms with Crippen molar-refractivity contribution in [2.24, 2.45) is 0 Å². The van der Waals surface area contributed by atoms with Gasteiger partial charge in [-0.15, -0.1) is 0 Å². The molecule has 3 aromatic carbocycles. The maximum absolute atomic E-state index is 13.2. The van der Waals surface area contributed by atoms with Crippen molar-refractivity contribution in [3.8, 4) is 0 Å². The first-order valence-corrected chi connectivity index (χ1v) is 11.3. The third-order valence-electron chi connectivity index (χ3n) is 5.86. The van der Waals surface area contributed by atoms with E-state index in [1.807, 2.05) is 86.6 Å². The molecule has 1 fully saturated rings. The van der Waals surface area contributed by atoms with Crippen LogP contribution in [-0.2, 0) is 16.0 Å². The lowest BCUT2D eigenvalue weighted by Crippen LogP contribution is -2.31. The van der Waals surface area contributed by atoms with Crippen LogP contribution in [-0.4, -0.2) is 28.2 Å². The second-order valence-corrected chi connectivity index (χ2v) is 9.01. The van der Waals surface area contributed by atoms with E-state index >= 15 is 0 Å². The van der Waals surface area contributed by atoms with E-state index < -0.39 is 17.7 Å². The number of benzene rings is 3. The molecule has 1 saturated heterocycles. The molecule has 0 radical (unpaired) electrons. The highest BCUT2D eigenvalue weighted by Crippen LogP contribution is 2.40. The molecular weight excluding hydrogens is 466 g/mol. The number of Topliss-reactive ketones (excluding diaryl/α,β-unsaturated/α-hetero) is 1. The smallest absolute Gasteiger partial charge is 0.295 e. The number of amides is 1. The van der Waals surface area contributed by atoms with Crippen LogP contribution in [0.3, 0.4) is 0 Å². The lowest BCUT2D eigenvalue weighted by atomic mass is 9.93. The lowest BCUT2D eigenvalue weighted by Gasteiger charge is -2.25. The predicted octanol–water partition coefficient (Wildman–Crippen LogP) is 5.73. The Morgan fingerprint density at radius 3 is 2.34 bits per heavy atom. The van der Waals surface area contributed by atoms with Crippen LogP contribution < -0.4 is 0 Å². The minimum absolute atomic E-state index is 0.125. The number of halogens is 1. The number of aryl methyl sites for hydroxylation is 2. The molecule has 3 aromatic rings. The second-order valence-electron chi connectivity index (χ2n) is 8.10. The summed E-state index contributed by atoms with van der Waals surface area (Å²) in [6.45, 7) is 4.19. The van der Waals surface area contributed by atoms with Gasteiger partial charge in [0.2, 0.25) is 0 Å². The minimum Gasteiger partial charge on any atom is -0.507 e. The van der Waals surface area contributed by atoms with E-state index in [2.05, 4.69) is 15.9 Å². The van der Waals surface area contributed by atoms with Crippen LogP contribution in [0.25, 0.3) is 5.76 Å². The van der Waals surface area contributed by atoms with Crippen LogP contribution in [0.15, 0.2) is 82.8 Å². The van der Waals surface area contributed by atoms with Crippen molar-refractivity contribution in [3.63, 3.8) is 0 Å². The number of hydrogen-bond acceptors (Lipinski definition) is 3. The van der Waals surface area contributed by atoms with Gasteiger partial charge in [-0.3, -0.25) is 9.59 Å². The topological polar surface area (TPSA) is 57.6 Å². The van der Waals surface area contributed by atoms with Crippen molar-refractivity contribution in [1.29, 1.82) is 0 Å². The molecule has 1 aliphatic rings. The average molecular weight is 490 g/mol. The summed E-state index contributed by atoms with van der Waals surface area (Å²) in [6, 6.07) is 22.4. The van der Waals surface area contributed by atoms with Gasteiger partial charge in [0.05, 0.1) is 11.6 Å². The highest BCUT2D eigenvalue weighted by atomic mass is 79.9. The summed E-state index contributed by atoms with van der Waals surface area (Å²) in [6.07, 6.45) is 0.615. The highest BCUT2D eigenvalue weighted by molar-refractivity contribution is 9.10. The van der Waals surface area contributed by atoms with Gasteiger partial charge in [-0.1, -0.05) is 76.1 Å². The molecule has 0 aromatic heterocycles. The number of aliphatic hydroxyl groups excluding tert-OH is 1. The van der Waals surface area contributed by atoms with Gasteiger partial charge in [0.15, 0.2) is 0 Å². The number of carbonyl (C=O) groups excluding carboxylic acids is 2. The zero-order valence-electron chi connectivity index (χ0n) is 18.0. The van der Waals surface area contributed by atoms with Crippen molar-refractivity contribution < 1.29 is 14.7 Å². The van der Waals surface area contributed by atoms with Gasteiger partial charge in [-0.2, -0.15) is 0 Å². The van der Waals surface area contributed by atoms with Gasteiger partial charge in [0.25, 0.3) is 11.7 Å². The van der Waals surface area contributed by atoms with Crippen LogP contribution >= 0.6 is 15.9 Å². The van der Waals surface area contributed by atoms with Crippen LogP contribution in [0.2, 0.25) is 0 Å². The Morgan fingerprint density at radius 2 is 1.66 bits per heavy atom. The quantitative estimate of drug-likeness (QED) is 0.282. The molecule has 0 saturated carbocycles. The molecule has 162 valence electrons. The van der Waals surface area contributed by atoms with E-state index in [9.17, 15) is 14.7 Å². The van der Waals surface area contributed by atoms with E-state index in [0.717, 1.165) is 26.7 Å². The van der Waals surface area contributed by atoms with Crippen LogP contribution in [0.5, 0.6) is 0 Å². The summed E-state index contributed by atoms with van der Waals surface area (Å²) in [5, 5.41) is 11.3. The van der Waals surface area contributed by atoms with Gasteiger partial charge in [0, 0.05) is 16.6 Å². The minimum atomic E-state index is -0.649. The number of rotatable bonds is 5. The Kier molecular flexibility index (Phi) is 6.28. The molecule has 1 heterocycles. The van der Waals surface area contributed by atoms with E-state index in [-0.39, 0.29) is 11.3 Å². The summed E-state index contributed by atoms with van der Waals surface area (Å²) in [5.41, 5.74) is 4.40. The molecule has 1 aliphatic heterocycles. The van der Waals surface area contributed by atoms with Gasteiger partial charge in [-0.25, -0.2) is 0 Å². The Morgan fingerprint density at radius 1 is 0.969 bits per heavy atom. The summed E-state index contributed by atoms with van der Waals surface area (Å²) >= 11 is 3.44. The van der Waals surface area contributed by atoms with Gasteiger partial charge in [-0.05, 0) is 55.2 Å². The molecule has 1 atom stereocenters. The summed E-state index contributed by atoms with van der Waals surface area (Å²) in [5.74, 6) is -1.36. The monoisotopic (exact) mass is 489 g/mol. The molecule has 0 bridgehead atoms. The fourth-order valence-corrected chi connectivity index (χ4v) is 4.40. The van der Waals surface area contributed by atoms with Crippen molar-refractivity contribution >= 4 is 33.4 Å². The summed E-state index contributed by atoms with van der Waals surface area (Å²) in [7, 11) is 0. The average Bonchev–Trinajstić information content (AvgIpc) is 3.05. The summed E-state index contributed by atoms with van der Waals surface area (Å²) < 4.78 is 0.900. The summed E-state index contributed by atoms with van der Waals surface area (Å²) in [4.78, 5) is 27.8. The Labute approximate surface area is 196 Å². The van der Waals surface area contributed by atoms with E-state index in [1.165, 1.54) is 0 Å². The molecule has 5 heteroatoms. The number of nitrogens with zero attached hydrogens (tertiary/aromatic N) is 1. The Bertz CT molecular complexity index is 1200. The molecule has 1 N–H and O–H groups in total. The predicted molar refractivity (Wildman–Crippen MR) is 129 cm³/mol. The first kappa shape index (κ1) is 22.0. The molecule has 32 heavy (non-hydrogen) atoms. The Balaban J connectivity index is 1.82. The largest absolute Gasteiger partial charge is 0.507 e. The molecule has 1 amide bonds. The van der Waals surface area contributed by atoms with Gasteiger partial charge in [0.1, 0.15) is 5.76 Å². The lowest BCUT2D eigenvalue weighted by molar-refractivity contribution is -0.139. The standard InChI is InChI=1S/C27H24BrNO3/c1-17-8-9-18(2)22(16-17)25(30)23-24(20-10-12-21(28)13-11-20)29(27(32)26(23)31)15-14-19-6-4-3-5-7-19/h3-13,16,24,30H,14-15H2,1-2H3. The first-order chi connectivity index (χ1) is 15.4. The maximum atomic E-state index is 13.2.